The zero-order valence-electron chi connectivity index (χ0n) is 21.3. The maximum atomic E-state index is 13.6. The first kappa shape index (κ1) is 25.3. The Balaban J connectivity index is 1.25. The minimum atomic E-state index is -3.66. The van der Waals surface area contributed by atoms with Gasteiger partial charge in [-0.2, -0.15) is 13.9 Å². The highest BCUT2D eigenvalue weighted by Gasteiger charge is 2.32. The molecular formula is C29H27BN6O2S. The molecule has 0 spiro atoms. The highest BCUT2D eigenvalue weighted by Crippen LogP contribution is 2.31. The van der Waals surface area contributed by atoms with Gasteiger partial charge in [0.1, 0.15) is 13.7 Å². The van der Waals surface area contributed by atoms with E-state index in [9.17, 15) is 8.42 Å². The molecule has 1 unspecified atom stereocenters. The topological polar surface area (TPSA) is 92.5 Å². The minimum absolute atomic E-state index is 0.0737. The molecule has 3 aromatic heterocycles. The third kappa shape index (κ3) is 5.17. The van der Waals surface area contributed by atoms with Crippen LogP contribution >= 0.6 is 0 Å². The van der Waals surface area contributed by atoms with E-state index in [0.29, 0.717) is 35.6 Å². The number of piperidine rings is 1. The molecule has 1 atom stereocenters. The number of hydrogen-bond acceptors (Lipinski definition) is 6. The molecule has 194 valence electrons. The van der Waals surface area contributed by atoms with Crippen molar-refractivity contribution < 1.29 is 8.42 Å². The smallest absolute Gasteiger partial charge is 0.243 e. The number of aromatic nitrogens is 4. The molecule has 1 N–H and O–H groups in total. The van der Waals surface area contributed by atoms with E-state index in [0.717, 1.165) is 41.0 Å². The van der Waals surface area contributed by atoms with Gasteiger partial charge in [0.15, 0.2) is 5.65 Å². The van der Waals surface area contributed by atoms with Gasteiger partial charge in [-0.15, -0.1) is 0 Å². The second kappa shape index (κ2) is 10.6. The SMILES string of the molecule is [B]c1cnn2c(NCc3cccnc3)cc(C3CCCN(S(=O)(=O)c4ccc(-c5ccccc5)cc4)C3)nc12. The number of benzene rings is 2. The van der Waals surface area contributed by atoms with Crippen LogP contribution in [0.5, 0.6) is 0 Å². The molecule has 1 aliphatic rings. The largest absolute Gasteiger partial charge is 0.366 e. The molecule has 0 amide bonds. The summed E-state index contributed by atoms with van der Waals surface area (Å²) >= 11 is 0. The third-order valence-corrected chi connectivity index (χ3v) is 9.00. The Hall–Kier alpha value is -4.02. The first-order chi connectivity index (χ1) is 19.0. The molecule has 6 rings (SSSR count). The van der Waals surface area contributed by atoms with Gasteiger partial charge in [0, 0.05) is 50.2 Å². The van der Waals surface area contributed by atoms with Crippen molar-refractivity contribution in [2.24, 2.45) is 0 Å². The van der Waals surface area contributed by atoms with E-state index in [1.165, 1.54) is 0 Å². The summed E-state index contributed by atoms with van der Waals surface area (Å²) in [6.07, 6.45) is 6.70. The number of hydrogen-bond donors (Lipinski definition) is 1. The summed E-state index contributed by atoms with van der Waals surface area (Å²) in [5, 5.41) is 7.80. The van der Waals surface area contributed by atoms with Crippen LogP contribution in [0.15, 0.2) is 96.3 Å². The van der Waals surface area contributed by atoms with Gasteiger partial charge in [-0.1, -0.05) is 48.5 Å². The van der Waals surface area contributed by atoms with E-state index in [4.69, 9.17) is 12.8 Å². The molecule has 0 aliphatic carbocycles. The average molecular weight is 534 g/mol. The van der Waals surface area contributed by atoms with Crippen molar-refractivity contribution in [1.82, 2.24) is 23.9 Å². The summed E-state index contributed by atoms with van der Waals surface area (Å²) < 4.78 is 30.5. The van der Waals surface area contributed by atoms with Gasteiger partial charge in [0.05, 0.1) is 10.6 Å². The molecule has 1 fully saturated rings. The monoisotopic (exact) mass is 534 g/mol. The van der Waals surface area contributed by atoms with E-state index in [2.05, 4.69) is 15.4 Å². The molecule has 39 heavy (non-hydrogen) atoms. The summed E-state index contributed by atoms with van der Waals surface area (Å²) in [5.74, 6) is 0.669. The molecular weight excluding hydrogens is 507 g/mol. The lowest BCUT2D eigenvalue weighted by Crippen LogP contribution is -2.39. The molecule has 8 nitrogen and oxygen atoms in total. The predicted molar refractivity (Wildman–Crippen MR) is 153 cm³/mol. The summed E-state index contributed by atoms with van der Waals surface area (Å²) in [4.78, 5) is 9.28. The molecule has 2 aromatic carbocycles. The van der Waals surface area contributed by atoms with Crippen molar-refractivity contribution in [2.45, 2.75) is 30.2 Å². The van der Waals surface area contributed by atoms with E-state index < -0.39 is 10.0 Å². The molecule has 10 heteroatoms. The fourth-order valence-electron chi connectivity index (χ4n) is 5.03. The van der Waals surface area contributed by atoms with E-state index >= 15 is 0 Å². The van der Waals surface area contributed by atoms with Crippen molar-refractivity contribution in [3.8, 4) is 11.1 Å². The molecule has 2 radical (unpaired) electrons. The van der Waals surface area contributed by atoms with Crippen LogP contribution in [0, 0.1) is 0 Å². The lowest BCUT2D eigenvalue weighted by molar-refractivity contribution is 0.313. The first-order valence-electron chi connectivity index (χ1n) is 12.9. The number of anilines is 1. The summed E-state index contributed by atoms with van der Waals surface area (Å²) in [7, 11) is 2.53. The number of rotatable bonds is 7. The Morgan fingerprint density at radius 1 is 0.974 bits per heavy atom. The Morgan fingerprint density at radius 2 is 1.77 bits per heavy atom. The van der Waals surface area contributed by atoms with Crippen molar-refractivity contribution >= 4 is 34.8 Å². The molecule has 1 saturated heterocycles. The fraction of sp³-hybridized carbons (Fsp3) is 0.207. The molecule has 4 heterocycles. The first-order valence-corrected chi connectivity index (χ1v) is 14.4. The van der Waals surface area contributed by atoms with Gasteiger partial charge in [0.25, 0.3) is 0 Å². The van der Waals surface area contributed by atoms with Crippen LogP contribution in [-0.2, 0) is 16.6 Å². The van der Waals surface area contributed by atoms with Crippen LogP contribution in [-0.4, -0.2) is 53.2 Å². The van der Waals surface area contributed by atoms with Gasteiger partial charge in [0.2, 0.25) is 10.0 Å². The lowest BCUT2D eigenvalue weighted by atomic mass is 9.95. The Morgan fingerprint density at radius 3 is 2.54 bits per heavy atom. The maximum Gasteiger partial charge on any atom is 0.243 e. The summed E-state index contributed by atoms with van der Waals surface area (Å²) in [5.41, 5.74) is 4.87. The van der Waals surface area contributed by atoms with E-state index in [1.54, 1.807) is 39.5 Å². The lowest BCUT2D eigenvalue weighted by Gasteiger charge is -2.32. The van der Waals surface area contributed by atoms with E-state index in [-0.39, 0.29) is 5.92 Å². The van der Waals surface area contributed by atoms with Gasteiger partial charge < -0.3 is 5.32 Å². The Labute approximate surface area is 229 Å². The molecule has 5 aromatic rings. The Bertz CT molecular complexity index is 1690. The van der Waals surface area contributed by atoms with Crippen LogP contribution in [0.4, 0.5) is 5.82 Å². The summed E-state index contributed by atoms with van der Waals surface area (Å²) in [6, 6.07) is 22.9. The second-order valence-corrected chi connectivity index (χ2v) is 11.6. The highest BCUT2D eigenvalue weighted by molar-refractivity contribution is 7.89. The Kier molecular flexibility index (Phi) is 6.89. The number of nitrogens with zero attached hydrogens (tertiary/aromatic N) is 5. The van der Waals surface area contributed by atoms with E-state index in [1.807, 2.05) is 60.7 Å². The molecule has 0 saturated carbocycles. The molecule has 0 bridgehead atoms. The van der Waals surface area contributed by atoms with Crippen molar-refractivity contribution in [3.63, 3.8) is 0 Å². The number of sulfonamides is 1. The standard InChI is InChI=1S/C29H27BN6O2S/c30-26-19-33-36-28(32-18-21-6-4-14-31-17-21)16-27(34-29(26)36)24-9-5-15-35(20-24)39(37,38)25-12-10-23(11-13-25)22-7-2-1-3-8-22/h1-4,6-8,10-14,16-17,19,24,32H,5,9,15,18,20H2. The normalized spacial score (nSPS) is 16.4. The van der Waals surface area contributed by atoms with Gasteiger partial charge in [-0.25, -0.2) is 13.4 Å². The third-order valence-electron chi connectivity index (χ3n) is 7.12. The van der Waals surface area contributed by atoms with Crippen LogP contribution < -0.4 is 10.8 Å². The van der Waals surface area contributed by atoms with Gasteiger partial charge in [-0.05, 0) is 53.2 Å². The quantitative estimate of drug-likeness (QED) is 0.320. The minimum Gasteiger partial charge on any atom is -0.366 e. The van der Waals surface area contributed by atoms with Crippen molar-refractivity contribution in [2.75, 3.05) is 18.4 Å². The average Bonchev–Trinajstić information content (AvgIpc) is 3.37. The van der Waals surface area contributed by atoms with Crippen LogP contribution in [0.3, 0.4) is 0 Å². The highest BCUT2D eigenvalue weighted by atomic mass is 32.2. The van der Waals surface area contributed by atoms with Crippen molar-refractivity contribution in [3.05, 3.63) is 103 Å². The molecule has 1 aliphatic heterocycles. The van der Waals surface area contributed by atoms with Crippen LogP contribution in [0.25, 0.3) is 16.8 Å². The van der Waals surface area contributed by atoms with Gasteiger partial charge >= 0.3 is 0 Å². The fourth-order valence-corrected chi connectivity index (χ4v) is 6.55. The zero-order chi connectivity index (χ0) is 26.8. The van der Waals surface area contributed by atoms with Crippen molar-refractivity contribution in [1.29, 1.82) is 0 Å². The number of pyridine rings is 1. The maximum absolute atomic E-state index is 13.6. The van der Waals surface area contributed by atoms with Crippen LogP contribution in [0.2, 0.25) is 0 Å². The number of fused-ring (bicyclic) bond motifs is 1. The van der Waals surface area contributed by atoms with Gasteiger partial charge in [-0.3, -0.25) is 4.98 Å². The van der Waals surface area contributed by atoms with Crippen LogP contribution in [0.1, 0.15) is 30.0 Å². The zero-order valence-corrected chi connectivity index (χ0v) is 22.1. The predicted octanol–water partition coefficient (Wildman–Crippen LogP) is 3.77. The second-order valence-electron chi connectivity index (χ2n) is 9.71. The summed E-state index contributed by atoms with van der Waals surface area (Å²) in [6.45, 7) is 1.38. The number of nitrogens with one attached hydrogen (secondary N) is 1.